The number of sulfonamides is 1. The molecular weight excluding hydrogens is 358 g/mol. The summed E-state index contributed by atoms with van der Waals surface area (Å²) in [5.74, 6) is -0.794. The number of hydrazine groups is 1. The minimum Gasteiger partial charge on any atom is -0.273 e. The molecule has 9 heteroatoms. The Labute approximate surface area is 151 Å². The van der Waals surface area contributed by atoms with E-state index in [9.17, 15) is 23.3 Å². The number of aryl methyl sites for hydroxylation is 2. The molecule has 0 spiro atoms. The maximum Gasteiger partial charge on any atom is 0.270 e. The van der Waals surface area contributed by atoms with Crippen LogP contribution in [0.5, 0.6) is 0 Å². The van der Waals surface area contributed by atoms with Crippen molar-refractivity contribution in [2.24, 2.45) is 0 Å². The second-order valence-corrected chi connectivity index (χ2v) is 7.58. The maximum atomic E-state index is 12.7. The summed E-state index contributed by atoms with van der Waals surface area (Å²) in [6.45, 7) is 7.00. The quantitative estimate of drug-likeness (QED) is 0.613. The number of amides is 1. The number of benzene rings is 2. The minimum absolute atomic E-state index is 0.0317. The van der Waals surface area contributed by atoms with Crippen molar-refractivity contribution in [1.29, 1.82) is 0 Å². The van der Waals surface area contributed by atoms with Gasteiger partial charge in [0.15, 0.2) is 0 Å². The lowest BCUT2D eigenvalue weighted by Crippen LogP contribution is -2.42. The number of nitrogens with one attached hydrogen (secondary N) is 2. The van der Waals surface area contributed by atoms with E-state index in [4.69, 9.17) is 0 Å². The first-order chi connectivity index (χ1) is 12.0. The van der Waals surface area contributed by atoms with Gasteiger partial charge in [0.05, 0.1) is 9.82 Å². The maximum absolute atomic E-state index is 12.7. The van der Waals surface area contributed by atoms with Gasteiger partial charge in [0.25, 0.3) is 21.6 Å². The Morgan fingerprint density at radius 1 is 1.04 bits per heavy atom. The summed E-state index contributed by atoms with van der Waals surface area (Å²) >= 11 is 0. The molecule has 0 fully saturated rings. The second kappa shape index (κ2) is 7.22. The highest BCUT2D eigenvalue weighted by Crippen LogP contribution is 2.25. The Balaban J connectivity index is 2.28. The highest BCUT2D eigenvalue weighted by Gasteiger charge is 2.23. The monoisotopic (exact) mass is 377 g/mol. The molecule has 0 aromatic heterocycles. The fraction of sp³-hybridized carbons (Fsp3) is 0.235. The van der Waals surface area contributed by atoms with Crippen molar-refractivity contribution in [1.82, 2.24) is 10.3 Å². The van der Waals surface area contributed by atoms with Gasteiger partial charge in [-0.15, -0.1) is 4.83 Å². The first kappa shape index (κ1) is 19.5. The van der Waals surface area contributed by atoms with Crippen LogP contribution in [0.15, 0.2) is 35.2 Å². The van der Waals surface area contributed by atoms with Gasteiger partial charge in [-0.2, -0.15) is 0 Å². The van der Waals surface area contributed by atoms with Crippen LogP contribution in [0.25, 0.3) is 0 Å². The van der Waals surface area contributed by atoms with Crippen molar-refractivity contribution in [3.63, 3.8) is 0 Å². The average molecular weight is 377 g/mol. The van der Waals surface area contributed by atoms with Gasteiger partial charge >= 0.3 is 0 Å². The number of hydrogen-bond donors (Lipinski definition) is 2. The molecule has 0 aliphatic carbocycles. The first-order valence-electron chi connectivity index (χ1n) is 7.68. The molecule has 2 aromatic carbocycles. The SMILES string of the molecule is Cc1cc(C)c(C)c(S(=O)(=O)NNC(=O)c2cccc([N+](=O)[O-])c2)c1C. The molecular formula is C17H19N3O5S. The third-order valence-electron chi connectivity index (χ3n) is 4.18. The van der Waals surface area contributed by atoms with Gasteiger partial charge < -0.3 is 0 Å². The van der Waals surface area contributed by atoms with E-state index in [2.05, 4.69) is 10.3 Å². The Morgan fingerprint density at radius 2 is 1.62 bits per heavy atom. The van der Waals surface area contributed by atoms with Crippen LogP contribution in [0.4, 0.5) is 5.69 Å². The van der Waals surface area contributed by atoms with Crippen molar-refractivity contribution in [2.75, 3.05) is 0 Å². The molecule has 0 aliphatic rings. The van der Waals surface area contributed by atoms with Crippen molar-refractivity contribution in [2.45, 2.75) is 32.6 Å². The topological polar surface area (TPSA) is 118 Å². The molecule has 0 radical (unpaired) electrons. The van der Waals surface area contributed by atoms with Crippen LogP contribution in [0, 0.1) is 37.8 Å². The molecule has 0 saturated heterocycles. The number of non-ortho nitro benzene ring substituents is 1. The Kier molecular flexibility index (Phi) is 5.43. The van der Waals surface area contributed by atoms with Crippen molar-refractivity contribution in [3.05, 3.63) is 68.3 Å². The molecule has 2 rings (SSSR count). The van der Waals surface area contributed by atoms with Gasteiger partial charge in [0.2, 0.25) is 0 Å². The molecule has 8 nitrogen and oxygen atoms in total. The molecule has 1 amide bonds. The number of nitrogens with zero attached hydrogens (tertiary/aromatic N) is 1. The van der Waals surface area contributed by atoms with E-state index in [-0.39, 0.29) is 16.1 Å². The number of rotatable bonds is 5. The molecule has 2 N–H and O–H groups in total. The smallest absolute Gasteiger partial charge is 0.270 e. The minimum atomic E-state index is -4.01. The third-order valence-corrected chi connectivity index (χ3v) is 5.70. The van der Waals surface area contributed by atoms with Crippen LogP contribution < -0.4 is 10.3 Å². The number of carbonyl (C=O) groups excluding carboxylic acids is 1. The van der Waals surface area contributed by atoms with Crippen molar-refractivity contribution < 1.29 is 18.1 Å². The van der Waals surface area contributed by atoms with Gasteiger partial charge in [-0.1, -0.05) is 12.1 Å². The molecule has 0 saturated carbocycles. The predicted octanol–water partition coefficient (Wildman–Crippen LogP) is 2.45. The van der Waals surface area contributed by atoms with Gasteiger partial charge in [0, 0.05) is 17.7 Å². The summed E-state index contributed by atoms with van der Waals surface area (Å²) in [5, 5.41) is 10.8. The fourth-order valence-corrected chi connectivity index (χ4v) is 4.04. The van der Waals surface area contributed by atoms with E-state index in [0.29, 0.717) is 11.1 Å². The average Bonchev–Trinajstić information content (AvgIpc) is 2.58. The third kappa shape index (κ3) is 3.89. The second-order valence-electron chi connectivity index (χ2n) is 5.96. The van der Waals surface area contributed by atoms with E-state index < -0.39 is 20.9 Å². The zero-order valence-corrected chi connectivity index (χ0v) is 15.6. The lowest BCUT2D eigenvalue weighted by molar-refractivity contribution is -0.384. The van der Waals surface area contributed by atoms with Crippen LogP contribution in [0.2, 0.25) is 0 Å². The number of nitro benzene ring substituents is 1. The highest BCUT2D eigenvalue weighted by atomic mass is 32.2. The number of hydrogen-bond acceptors (Lipinski definition) is 5. The number of carbonyl (C=O) groups is 1. The van der Waals surface area contributed by atoms with E-state index in [1.165, 1.54) is 18.2 Å². The van der Waals surface area contributed by atoms with Crippen molar-refractivity contribution >= 4 is 21.6 Å². The van der Waals surface area contributed by atoms with Gasteiger partial charge in [0.1, 0.15) is 0 Å². The zero-order valence-electron chi connectivity index (χ0n) is 14.8. The number of nitro groups is 1. The summed E-state index contributed by atoms with van der Waals surface area (Å²) in [7, 11) is -4.01. The molecule has 0 aliphatic heterocycles. The van der Waals surface area contributed by atoms with Crippen molar-refractivity contribution in [3.8, 4) is 0 Å². The van der Waals surface area contributed by atoms with Crippen LogP contribution in [0.1, 0.15) is 32.6 Å². The summed E-state index contributed by atoms with van der Waals surface area (Å²) in [5.41, 5.74) is 4.62. The molecule has 138 valence electrons. The van der Waals surface area contributed by atoms with Crippen LogP contribution in [-0.4, -0.2) is 19.2 Å². The summed E-state index contributed by atoms with van der Waals surface area (Å²) in [4.78, 5) is 24.5. The van der Waals surface area contributed by atoms with E-state index in [1.807, 2.05) is 19.9 Å². The normalized spacial score (nSPS) is 11.2. The van der Waals surface area contributed by atoms with E-state index in [1.54, 1.807) is 13.8 Å². The lowest BCUT2D eigenvalue weighted by atomic mass is 10.0. The molecule has 2 aromatic rings. The standard InChI is InChI=1S/C17H19N3O5S/c1-10-8-11(2)13(4)16(12(10)3)26(24,25)19-18-17(21)14-6-5-7-15(9-14)20(22)23/h5-9,19H,1-4H3,(H,18,21). The Bertz CT molecular complexity index is 973. The van der Waals surface area contributed by atoms with Crippen LogP contribution in [0.3, 0.4) is 0 Å². The Hall–Kier alpha value is -2.78. The first-order valence-corrected chi connectivity index (χ1v) is 9.17. The van der Waals surface area contributed by atoms with Gasteiger partial charge in [-0.25, -0.2) is 8.42 Å². The summed E-state index contributed by atoms with van der Waals surface area (Å²) in [6.07, 6.45) is 0. The van der Waals surface area contributed by atoms with E-state index in [0.717, 1.165) is 17.2 Å². The molecule has 0 bridgehead atoms. The molecule has 0 heterocycles. The molecule has 26 heavy (non-hydrogen) atoms. The van der Waals surface area contributed by atoms with E-state index >= 15 is 0 Å². The van der Waals surface area contributed by atoms with Crippen LogP contribution >= 0.6 is 0 Å². The fourth-order valence-electron chi connectivity index (χ4n) is 2.58. The molecule has 0 unspecified atom stereocenters. The van der Waals surface area contributed by atoms with Gasteiger partial charge in [-0.05, 0) is 56.0 Å². The highest BCUT2D eigenvalue weighted by molar-refractivity contribution is 7.89. The Morgan fingerprint density at radius 3 is 2.15 bits per heavy atom. The summed E-state index contributed by atoms with van der Waals surface area (Å²) < 4.78 is 25.3. The predicted molar refractivity (Wildman–Crippen MR) is 96.3 cm³/mol. The largest absolute Gasteiger partial charge is 0.273 e. The molecule has 0 atom stereocenters. The lowest BCUT2D eigenvalue weighted by Gasteiger charge is -2.16. The zero-order chi connectivity index (χ0) is 19.6. The van der Waals surface area contributed by atoms with Crippen LogP contribution in [-0.2, 0) is 10.0 Å². The van der Waals surface area contributed by atoms with Gasteiger partial charge in [-0.3, -0.25) is 20.3 Å². The summed E-state index contributed by atoms with van der Waals surface area (Å²) in [6, 6.07) is 6.90.